The highest BCUT2D eigenvalue weighted by Gasteiger charge is 2.39. The van der Waals surface area contributed by atoms with E-state index in [9.17, 15) is 15.0 Å². The number of methoxy groups -OCH3 is 2. The summed E-state index contributed by atoms with van der Waals surface area (Å²) in [5, 5.41) is 19.4. The molecule has 1 aromatic rings. The van der Waals surface area contributed by atoms with Gasteiger partial charge in [-0.25, -0.2) is 4.79 Å². The molecule has 0 aliphatic rings. The Morgan fingerprint density at radius 2 is 1.94 bits per heavy atom. The molecule has 0 saturated carbocycles. The normalized spacial score (nSPS) is 13.8. The van der Waals surface area contributed by atoms with Crippen molar-refractivity contribution < 1.29 is 24.5 Å². The van der Waals surface area contributed by atoms with E-state index < -0.39 is 11.6 Å². The van der Waals surface area contributed by atoms with Crippen LogP contribution in [-0.2, 0) is 10.4 Å². The van der Waals surface area contributed by atoms with E-state index in [-0.39, 0.29) is 12.0 Å². The van der Waals surface area contributed by atoms with Crippen molar-refractivity contribution in [3.05, 3.63) is 23.3 Å². The molecule has 0 radical (unpaired) electrons. The van der Waals surface area contributed by atoms with E-state index in [1.165, 1.54) is 20.3 Å². The van der Waals surface area contributed by atoms with Crippen LogP contribution in [0.25, 0.3) is 0 Å². The number of hydrogen-bond donors (Lipinski definition) is 2. The number of carboxylic acids is 1. The van der Waals surface area contributed by atoms with Gasteiger partial charge in [0.2, 0.25) is 0 Å². The van der Waals surface area contributed by atoms with Crippen molar-refractivity contribution in [2.24, 2.45) is 0 Å². The van der Waals surface area contributed by atoms with Crippen molar-refractivity contribution in [1.29, 1.82) is 0 Å². The zero-order valence-corrected chi connectivity index (χ0v) is 11.0. The average Bonchev–Trinajstić information content (AvgIpc) is 2.37. The molecule has 5 nitrogen and oxygen atoms in total. The summed E-state index contributed by atoms with van der Waals surface area (Å²) in [7, 11) is 2.95. The van der Waals surface area contributed by atoms with Crippen molar-refractivity contribution in [3.8, 4) is 11.5 Å². The van der Waals surface area contributed by atoms with Crippen LogP contribution in [0.15, 0.2) is 12.1 Å². The summed E-state index contributed by atoms with van der Waals surface area (Å²) in [6.45, 7) is 3.35. The molecule has 0 spiro atoms. The van der Waals surface area contributed by atoms with E-state index >= 15 is 0 Å². The number of rotatable bonds is 5. The zero-order chi connectivity index (χ0) is 13.9. The number of aliphatic carboxylic acids is 1. The molecule has 0 amide bonds. The predicted molar refractivity (Wildman–Crippen MR) is 66.1 cm³/mol. The molecule has 2 N–H and O–H groups in total. The van der Waals surface area contributed by atoms with E-state index in [1.807, 2.05) is 0 Å². The first-order chi connectivity index (χ1) is 8.42. The van der Waals surface area contributed by atoms with Gasteiger partial charge in [-0.15, -0.1) is 0 Å². The van der Waals surface area contributed by atoms with Crippen molar-refractivity contribution in [3.63, 3.8) is 0 Å². The molecule has 0 heterocycles. The molecule has 0 saturated heterocycles. The first-order valence-electron chi connectivity index (χ1n) is 5.60. The van der Waals surface area contributed by atoms with Gasteiger partial charge in [-0.1, -0.05) is 6.92 Å². The maximum absolute atomic E-state index is 11.2. The molecule has 1 unspecified atom stereocenters. The van der Waals surface area contributed by atoms with Gasteiger partial charge in [0.15, 0.2) is 5.60 Å². The maximum atomic E-state index is 11.2. The van der Waals surface area contributed by atoms with Crippen LogP contribution in [0.4, 0.5) is 0 Å². The van der Waals surface area contributed by atoms with Crippen LogP contribution in [0, 0.1) is 6.92 Å². The molecular weight excluding hydrogens is 236 g/mol. The van der Waals surface area contributed by atoms with E-state index in [0.717, 1.165) is 0 Å². The van der Waals surface area contributed by atoms with Gasteiger partial charge in [0, 0.05) is 11.1 Å². The number of aliphatic hydroxyl groups is 1. The minimum Gasteiger partial charge on any atom is -0.496 e. The Hall–Kier alpha value is -1.75. The van der Waals surface area contributed by atoms with E-state index in [0.29, 0.717) is 17.1 Å². The van der Waals surface area contributed by atoms with Crippen LogP contribution < -0.4 is 9.47 Å². The van der Waals surface area contributed by atoms with Crippen LogP contribution in [0.3, 0.4) is 0 Å². The number of hydrogen-bond acceptors (Lipinski definition) is 4. The SMILES string of the molecule is CCC(O)(C(=O)O)c1ccc(OC)c(C)c1OC. The fourth-order valence-electron chi connectivity index (χ4n) is 1.94. The van der Waals surface area contributed by atoms with Crippen LogP contribution in [0.2, 0.25) is 0 Å². The molecule has 18 heavy (non-hydrogen) atoms. The molecule has 1 atom stereocenters. The summed E-state index contributed by atoms with van der Waals surface area (Å²) >= 11 is 0. The van der Waals surface area contributed by atoms with E-state index in [4.69, 9.17) is 9.47 Å². The molecule has 5 heteroatoms. The molecule has 100 valence electrons. The maximum Gasteiger partial charge on any atom is 0.340 e. The Morgan fingerprint density at radius 3 is 2.33 bits per heavy atom. The standard InChI is InChI=1S/C13H18O5/c1-5-13(16,12(14)15)9-6-7-10(17-3)8(2)11(9)18-4/h6-7,16H,5H2,1-4H3,(H,14,15). The number of carbonyl (C=O) groups is 1. The van der Waals surface area contributed by atoms with Crippen molar-refractivity contribution in [1.82, 2.24) is 0 Å². The van der Waals surface area contributed by atoms with Crippen LogP contribution in [0.5, 0.6) is 11.5 Å². The Bertz CT molecular complexity index is 455. The molecule has 0 aromatic heterocycles. The summed E-state index contributed by atoms with van der Waals surface area (Å²) in [6.07, 6.45) is 0.0461. The lowest BCUT2D eigenvalue weighted by Crippen LogP contribution is -2.35. The second kappa shape index (κ2) is 5.27. The van der Waals surface area contributed by atoms with Gasteiger partial charge in [-0.3, -0.25) is 0 Å². The van der Waals surface area contributed by atoms with E-state index in [1.54, 1.807) is 19.9 Å². The number of carboxylic acid groups (broad SMARTS) is 1. The second-order valence-electron chi connectivity index (χ2n) is 3.99. The van der Waals surface area contributed by atoms with E-state index in [2.05, 4.69) is 0 Å². The van der Waals surface area contributed by atoms with Crippen LogP contribution in [0.1, 0.15) is 24.5 Å². The summed E-state index contributed by atoms with van der Waals surface area (Å²) < 4.78 is 10.4. The molecule has 0 aliphatic heterocycles. The average molecular weight is 254 g/mol. The van der Waals surface area contributed by atoms with Gasteiger partial charge in [-0.2, -0.15) is 0 Å². The van der Waals surface area contributed by atoms with Gasteiger partial charge >= 0.3 is 5.97 Å². The van der Waals surface area contributed by atoms with Gasteiger partial charge in [-0.05, 0) is 25.5 Å². The Morgan fingerprint density at radius 1 is 1.33 bits per heavy atom. The largest absolute Gasteiger partial charge is 0.496 e. The highest BCUT2D eigenvalue weighted by molar-refractivity contribution is 5.80. The molecule has 0 bridgehead atoms. The summed E-state index contributed by atoms with van der Waals surface area (Å²) in [5.41, 5.74) is -1.06. The van der Waals surface area contributed by atoms with Crippen LogP contribution >= 0.6 is 0 Å². The molecular formula is C13H18O5. The van der Waals surface area contributed by atoms with Crippen LogP contribution in [-0.4, -0.2) is 30.4 Å². The highest BCUT2D eigenvalue weighted by Crippen LogP contribution is 2.38. The summed E-state index contributed by atoms with van der Waals surface area (Å²) in [5.74, 6) is -0.381. The third kappa shape index (κ3) is 2.13. The first kappa shape index (κ1) is 14.3. The fraction of sp³-hybridized carbons (Fsp3) is 0.462. The third-order valence-corrected chi connectivity index (χ3v) is 3.09. The van der Waals surface area contributed by atoms with Gasteiger partial charge in [0.1, 0.15) is 11.5 Å². The molecule has 0 aliphatic carbocycles. The number of benzene rings is 1. The molecule has 1 aromatic carbocycles. The van der Waals surface area contributed by atoms with Gasteiger partial charge in [0.05, 0.1) is 14.2 Å². The minimum absolute atomic E-state index is 0.0461. The molecule has 1 rings (SSSR count). The molecule has 0 fully saturated rings. The summed E-state index contributed by atoms with van der Waals surface area (Å²) in [4.78, 5) is 11.2. The summed E-state index contributed by atoms with van der Waals surface area (Å²) in [6, 6.07) is 3.14. The Kier molecular flexibility index (Phi) is 4.19. The van der Waals surface area contributed by atoms with Crippen molar-refractivity contribution in [2.45, 2.75) is 25.9 Å². The topological polar surface area (TPSA) is 76.0 Å². The monoisotopic (exact) mass is 254 g/mol. The quantitative estimate of drug-likeness (QED) is 0.836. The Labute approximate surface area is 106 Å². The lowest BCUT2D eigenvalue weighted by atomic mass is 9.89. The zero-order valence-electron chi connectivity index (χ0n) is 11.0. The lowest BCUT2D eigenvalue weighted by Gasteiger charge is -2.25. The number of ether oxygens (including phenoxy) is 2. The predicted octanol–water partition coefficient (Wildman–Crippen LogP) is 1.69. The van der Waals surface area contributed by atoms with Crippen molar-refractivity contribution >= 4 is 5.97 Å². The highest BCUT2D eigenvalue weighted by atomic mass is 16.5. The first-order valence-corrected chi connectivity index (χ1v) is 5.60. The minimum atomic E-state index is -1.96. The van der Waals surface area contributed by atoms with Gasteiger partial charge in [0.25, 0.3) is 0 Å². The lowest BCUT2D eigenvalue weighted by molar-refractivity contribution is -0.160. The Balaban J connectivity index is 3.50. The second-order valence-corrected chi connectivity index (χ2v) is 3.99. The fourth-order valence-corrected chi connectivity index (χ4v) is 1.94. The van der Waals surface area contributed by atoms with Gasteiger partial charge < -0.3 is 19.7 Å². The third-order valence-electron chi connectivity index (χ3n) is 3.09. The smallest absolute Gasteiger partial charge is 0.340 e. The van der Waals surface area contributed by atoms with Crippen molar-refractivity contribution in [2.75, 3.05) is 14.2 Å².